The molecule has 21 heavy (non-hydrogen) atoms. The molecular formula is C13H17F3N2O2S. The van der Waals surface area contributed by atoms with Crippen molar-refractivity contribution in [2.45, 2.75) is 31.7 Å². The minimum absolute atomic E-state index is 0.0912. The number of hydrogen-bond donors (Lipinski definition) is 1. The third-order valence-corrected chi connectivity index (χ3v) is 4.14. The normalized spacial score (nSPS) is 23.0. The van der Waals surface area contributed by atoms with Crippen molar-refractivity contribution in [1.82, 2.24) is 10.2 Å². The van der Waals surface area contributed by atoms with Crippen LogP contribution in [-0.4, -0.2) is 42.8 Å². The molecule has 0 spiro atoms. The molecule has 1 aromatic rings. The second-order valence-corrected chi connectivity index (χ2v) is 5.72. The lowest BCUT2D eigenvalue weighted by Crippen LogP contribution is -2.34. The van der Waals surface area contributed by atoms with Gasteiger partial charge >= 0.3 is 6.18 Å². The Morgan fingerprint density at radius 1 is 1.48 bits per heavy atom. The van der Waals surface area contributed by atoms with E-state index in [0.717, 1.165) is 4.88 Å². The van der Waals surface area contributed by atoms with Crippen LogP contribution >= 0.6 is 11.3 Å². The monoisotopic (exact) mass is 322 g/mol. The van der Waals surface area contributed by atoms with Crippen LogP contribution < -0.4 is 5.32 Å². The summed E-state index contributed by atoms with van der Waals surface area (Å²) in [6.07, 6.45) is -3.98. The van der Waals surface area contributed by atoms with Gasteiger partial charge in [0, 0.05) is 11.4 Å². The number of ether oxygens (including phenoxy) is 1. The van der Waals surface area contributed by atoms with Gasteiger partial charge in [-0.2, -0.15) is 13.2 Å². The minimum Gasteiger partial charge on any atom is -0.370 e. The Labute approximate surface area is 124 Å². The molecule has 1 aliphatic rings. The molecule has 0 saturated carbocycles. The van der Waals surface area contributed by atoms with Crippen molar-refractivity contribution >= 4 is 17.2 Å². The highest BCUT2D eigenvalue weighted by molar-refractivity contribution is 7.10. The summed E-state index contributed by atoms with van der Waals surface area (Å²) in [6, 6.07) is 3.49. The molecule has 1 amide bonds. The summed E-state index contributed by atoms with van der Waals surface area (Å²) in [6.45, 7) is 0.611. The number of carbonyl (C=O) groups is 1. The van der Waals surface area contributed by atoms with Crippen molar-refractivity contribution < 1.29 is 22.7 Å². The summed E-state index contributed by atoms with van der Waals surface area (Å²) in [5.74, 6) is -0.0912. The molecule has 4 nitrogen and oxygen atoms in total. The lowest BCUT2D eigenvalue weighted by Gasteiger charge is -2.23. The van der Waals surface area contributed by atoms with E-state index in [9.17, 15) is 18.0 Å². The van der Waals surface area contributed by atoms with Crippen molar-refractivity contribution in [2.24, 2.45) is 0 Å². The van der Waals surface area contributed by atoms with Gasteiger partial charge in [-0.1, -0.05) is 13.0 Å². The number of rotatable bonds is 6. The van der Waals surface area contributed by atoms with E-state index in [2.05, 4.69) is 10.1 Å². The molecule has 1 saturated heterocycles. The molecule has 2 rings (SSSR count). The van der Waals surface area contributed by atoms with E-state index < -0.39 is 12.8 Å². The highest BCUT2D eigenvalue weighted by atomic mass is 32.1. The molecular weight excluding hydrogens is 305 g/mol. The molecule has 1 fully saturated rings. The Balaban J connectivity index is 1.95. The fourth-order valence-electron chi connectivity index (χ4n) is 2.24. The van der Waals surface area contributed by atoms with Crippen LogP contribution in [0.15, 0.2) is 17.5 Å². The van der Waals surface area contributed by atoms with E-state index in [4.69, 9.17) is 0 Å². The molecule has 0 aromatic carbocycles. The van der Waals surface area contributed by atoms with Gasteiger partial charge in [-0.25, -0.2) is 0 Å². The maximum Gasteiger partial charge on any atom is 0.411 e. The summed E-state index contributed by atoms with van der Waals surface area (Å²) in [5.41, 5.74) is 0. The summed E-state index contributed by atoms with van der Waals surface area (Å²) < 4.78 is 40.7. The molecule has 2 atom stereocenters. The summed E-state index contributed by atoms with van der Waals surface area (Å²) in [4.78, 5) is 14.7. The van der Waals surface area contributed by atoms with Crippen molar-refractivity contribution in [1.29, 1.82) is 0 Å². The largest absolute Gasteiger partial charge is 0.411 e. The number of thiophene rings is 1. The van der Waals surface area contributed by atoms with Gasteiger partial charge in [0.05, 0.1) is 12.6 Å². The predicted octanol–water partition coefficient (Wildman–Crippen LogP) is 2.54. The summed E-state index contributed by atoms with van der Waals surface area (Å²) in [7, 11) is 0. The van der Waals surface area contributed by atoms with Crippen LogP contribution in [0.1, 0.15) is 24.4 Å². The van der Waals surface area contributed by atoms with Crippen LogP contribution in [-0.2, 0) is 9.53 Å². The highest BCUT2D eigenvalue weighted by Crippen LogP contribution is 2.29. The number of alkyl halides is 3. The van der Waals surface area contributed by atoms with Gasteiger partial charge < -0.3 is 9.64 Å². The number of hydrogen-bond acceptors (Lipinski definition) is 4. The standard InChI is InChI=1S/C13H17F3N2O2S/c1-2-9-12(19)18(5-6-20-8-13(14,15)16)11(17-9)10-4-3-7-21-10/h3-4,7,9,11,17H,2,5-6,8H2,1H3. The van der Waals surface area contributed by atoms with Crippen LogP contribution in [0.2, 0.25) is 0 Å². The quantitative estimate of drug-likeness (QED) is 0.819. The van der Waals surface area contributed by atoms with Gasteiger partial charge in [0.2, 0.25) is 5.91 Å². The van der Waals surface area contributed by atoms with Gasteiger partial charge in [0.1, 0.15) is 12.8 Å². The topological polar surface area (TPSA) is 41.6 Å². The predicted molar refractivity (Wildman–Crippen MR) is 72.9 cm³/mol. The first-order chi connectivity index (χ1) is 9.92. The first-order valence-electron chi connectivity index (χ1n) is 6.67. The van der Waals surface area contributed by atoms with Crippen molar-refractivity contribution in [3.63, 3.8) is 0 Å². The summed E-state index contributed by atoms with van der Waals surface area (Å²) in [5, 5.41) is 5.11. The maximum atomic E-state index is 12.2. The lowest BCUT2D eigenvalue weighted by atomic mass is 10.2. The number of nitrogens with zero attached hydrogens (tertiary/aromatic N) is 1. The van der Waals surface area contributed by atoms with E-state index >= 15 is 0 Å². The molecule has 1 N–H and O–H groups in total. The van der Waals surface area contributed by atoms with Crippen LogP contribution in [0.4, 0.5) is 13.2 Å². The number of halogens is 3. The number of nitrogens with one attached hydrogen (secondary N) is 1. The van der Waals surface area contributed by atoms with Gasteiger partial charge in [0.15, 0.2) is 0 Å². The van der Waals surface area contributed by atoms with Crippen LogP contribution in [0, 0.1) is 0 Å². The molecule has 1 aromatic heterocycles. The smallest absolute Gasteiger partial charge is 0.370 e. The van der Waals surface area contributed by atoms with Crippen molar-refractivity contribution in [3.05, 3.63) is 22.4 Å². The van der Waals surface area contributed by atoms with Crippen LogP contribution in [0.5, 0.6) is 0 Å². The van der Waals surface area contributed by atoms with Gasteiger partial charge in [-0.3, -0.25) is 10.1 Å². The zero-order valence-electron chi connectivity index (χ0n) is 11.5. The Hall–Kier alpha value is -1.12. The van der Waals surface area contributed by atoms with Gasteiger partial charge in [0.25, 0.3) is 0 Å². The van der Waals surface area contributed by atoms with Gasteiger partial charge in [-0.05, 0) is 17.9 Å². The Kier molecular flexibility index (Phi) is 5.23. The first-order valence-corrected chi connectivity index (χ1v) is 7.54. The zero-order chi connectivity index (χ0) is 15.5. The fraction of sp³-hybridized carbons (Fsp3) is 0.615. The van der Waals surface area contributed by atoms with Crippen LogP contribution in [0.3, 0.4) is 0 Å². The third kappa shape index (κ3) is 4.18. The van der Waals surface area contributed by atoms with Crippen molar-refractivity contribution in [2.75, 3.05) is 19.8 Å². The summed E-state index contributed by atoms with van der Waals surface area (Å²) >= 11 is 1.50. The maximum absolute atomic E-state index is 12.2. The second kappa shape index (κ2) is 6.76. The molecule has 8 heteroatoms. The molecule has 0 aliphatic carbocycles. The SMILES string of the molecule is CCC1NC(c2cccs2)N(CCOCC(F)(F)F)C1=O. The highest BCUT2D eigenvalue weighted by Gasteiger charge is 2.38. The molecule has 0 radical (unpaired) electrons. The van der Waals surface area contributed by atoms with Crippen LogP contribution in [0.25, 0.3) is 0 Å². The van der Waals surface area contributed by atoms with Crippen molar-refractivity contribution in [3.8, 4) is 0 Å². The molecule has 0 bridgehead atoms. The molecule has 118 valence electrons. The van der Waals surface area contributed by atoms with E-state index in [-0.39, 0.29) is 31.3 Å². The minimum atomic E-state index is -4.34. The van der Waals surface area contributed by atoms with Gasteiger partial charge in [-0.15, -0.1) is 11.3 Å². The molecule has 2 heterocycles. The lowest BCUT2D eigenvalue weighted by molar-refractivity contribution is -0.175. The first kappa shape index (κ1) is 16.3. The fourth-order valence-corrected chi connectivity index (χ4v) is 3.04. The zero-order valence-corrected chi connectivity index (χ0v) is 12.3. The van der Waals surface area contributed by atoms with E-state index in [1.54, 1.807) is 4.90 Å². The average Bonchev–Trinajstić information content (AvgIpc) is 3.02. The van der Waals surface area contributed by atoms with E-state index in [1.165, 1.54) is 11.3 Å². The second-order valence-electron chi connectivity index (χ2n) is 4.74. The Morgan fingerprint density at radius 3 is 2.81 bits per heavy atom. The number of carbonyl (C=O) groups excluding carboxylic acids is 1. The Bertz CT molecular complexity index is 464. The molecule has 2 unspecified atom stereocenters. The average molecular weight is 322 g/mol. The van der Waals surface area contributed by atoms with E-state index in [1.807, 2.05) is 24.4 Å². The molecule has 1 aliphatic heterocycles. The third-order valence-electron chi connectivity index (χ3n) is 3.22. The Morgan fingerprint density at radius 2 is 2.24 bits per heavy atom. The number of amides is 1. The van der Waals surface area contributed by atoms with E-state index in [0.29, 0.717) is 6.42 Å².